The fraction of sp³-hybridized carbons (Fsp3) is 0.316. The third-order valence-electron chi connectivity index (χ3n) is 4.57. The summed E-state index contributed by atoms with van der Waals surface area (Å²) in [4.78, 5) is 16.9. The van der Waals surface area contributed by atoms with Gasteiger partial charge in [0.05, 0.1) is 5.69 Å². The number of hydrogen-bond acceptors (Lipinski definition) is 5. The van der Waals surface area contributed by atoms with Gasteiger partial charge < -0.3 is 14.8 Å². The summed E-state index contributed by atoms with van der Waals surface area (Å²) in [5.41, 5.74) is 4.75. The Hall–Kier alpha value is -3.23. The monoisotopic (exact) mass is 388 g/mol. The lowest BCUT2D eigenvalue weighted by atomic mass is 10.1. The summed E-state index contributed by atoms with van der Waals surface area (Å²) in [6.45, 7) is 5.75. The van der Waals surface area contributed by atoms with Crippen LogP contribution in [-0.2, 0) is 11.2 Å². The van der Waals surface area contributed by atoms with E-state index < -0.39 is 6.29 Å². The molecule has 1 aliphatic heterocycles. The van der Waals surface area contributed by atoms with Crippen LogP contribution in [0.5, 0.6) is 11.5 Å². The summed E-state index contributed by atoms with van der Waals surface area (Å²) in [7, 11) is 0. The number of aryl methyl sites for hydroxylation is 3. The summed E-state index contributed by atoms with van der Waals surface area (Å²) in [5, 5.41) is 7.11. The van der Waals surface area contributed by atoms with Gasteiger partial charge in [0, 0.05) is 35.6 Å². The van der Waals surface area contributed by atoms with Gasteiger partial charge in [0.2, 0.25) is 5.91 Å². The molecule has 1 amide bonds. The van der Waals surface area contributed by atoms with E-state index in [9.17, 15) is 13.6 Å². The first-order valence-corrected chi connectivity index (χ1v) is 8.74. The minimum atomic E-state index is -3.68. The van der Waals surface area contributed by atoms with Crippen LogP contribution >= 0.6 is 0 Å². The van der Waals surface area contributed by atoms with Crippen molar-refractivity contribution in [2.45, 2.75) is 39.9 Å². The molecular weight excluding hydrogens is 370 g/mol. The van der Waals surface area contributed by atoms with Crippen molar-refractivity contribution in [3.05, 3.63) is 46.9 Å². The summed E-state index contributed by atoms with van der Waals surface area (Å²) in [6.07, 6.45) is -3.00. The molecule has 0 atom stereocenters. The third kappa shape index (κ3) is 3.35. The smallest absolute Gasteiger partial charge is 0.395 e. The molecule has 1 aliphatic rings. The Bertz CT molecular complexity index is 1090. The second kappa shape index (κ2) is 6.43. The van der Waals surface area contributed by atoms with Crippen LogP contribution in [0.4, 0.5) is 14.5 Å². The van der Waals surface area contributed by atoms with Gasteiger partial charge in [-0.25, -0.2) is 9.50 Å². The molecule has 0 saturated carbocycles. The first-order chi connectivity index (χ1) is 13.2. The van der Waals surface area contributed by atoms with Crippen LogP contribution in [0.3, 0.4) is 0 Å². The molecule has 3 heterocycles. The number of carbonyl (C=O) groups excluding carboxylic acids is 1. The molecule has 7 nitrogen and oxygen atoms in total. The van der Waals surface area contributed by atoms with Crippen molar-refractivity contribution in [1.82, 2.24) is 14.6 Å². The number of halogens is 2. The number of fused-ring (bicyclic) bond motifs is 2. The number of nitrogens with one attached hydrogen (secondary N) is 1. The number of benzene rings is 1. The lowest BCUT2D eigenvalue weighted by Crippen LogP contribution is -2.25. The number of ether oxygens (including phenoxy) is 2. The molecule has 0 radical (unpaired) electrons. The number of nitrogens with zero attached hydrogens (tertiary/aromatic N) is 3. The van der Waals surface area contributed by atoms with Gasteiger partial charge in [-0.05, 0) is 44.9 Å². The van der Waals surface area contributed by atoms with Crippen molar-refractivity contribution >= 4 is 17.2 Å². The van der Waals surface area contributed by atoms with Gasteiger partial charge in [0.25, 0.3) is 0 Å². The molecule has 146 valence electrons. The molecule has 3 aromatic rings. The highest BCUT2D eigenvalue weighted by Gasteiger charge is 2.43. The zero-order chi connectivity index (χ0) is 20.1. The largest absolute Gasteiger partial charge is 0.586 e. The molecule has 2 aromatic heterocycles. The van der Waals surface area contributed by atoms with Crippen molar-refractivity contribution in [1.29, 1.82) is 0 Å². The maximum atomic E-state index is 13.1. The molecule has 0 bridgehead atoms. The van der Waals surface area contributed by atoms with Crippen LogP contribution in [-0.4, -0.2) is 26.8 Å². The van der Waals surface area contributed by atoms with E-state index in [1.54, 1.807) is 4.52 Å². The van der Waals surface area contributed by atoms with Gasteiger partial charge in [0.15, 0.2) is 17.1 Å². The van der Waals surface area contributed by atoms with Crippen LogP contribution in [0.25, 0.3) is 5.65 Å². The van der Waals surface area contributed by atoms with Gasteiger partial charge in [-0.3, -0.25) is 4.79 Å². The summed E-state index contributed by atoms with van der Waals surface area (Å²) in [5.74, 6) is -0.428. The lowest BCUT2D eigenvalue weighted by molar-refractivity contribution is -0.286. The van der Waals surface area contributed by atoms with Crippen LogP contribution in [0.1, 0.15) is 29.1 Å². The number of hydrogen-bond donors (Lipinski definition) is 1. The lowest BCUT2D eigenvalue weighted by Gasteiger charge is -2.11. The Labute approximate surface area is 159 Å². The minimum Gasteiger partial charge on any atom is -0.395 e. The number of alkyl halides is 2. The van der Waals surface area contributed by atoms with Crippen LogP contribution in [0.2, 0.25) is 0 Å². The summed E-state index contributed by atoms with van der Waals surface area (Å²) in [6, 6.07) is 6.03. The number of amides is 1. The normalized spacial score (nSPS) is 14.5. The quantitative estimate of drug-likeness (QED) is 0.740. The Balaban J connectivity index is 1.45. The molecule has 9 heteroatoms. The predicted octanol–water partition coefficient (Wildman–Crippen LogP) is 3.55. The number of aromatic nitrogens is 3. The van der Waals surface area contributed by atoms with Crippen molar-refractivity contribution in [3.8, 4) is 11.5 Å². The van der Waals surface area contributed by atoms with Crippen molar-refractivity contribution < 1.29 is 23.0 Å². The average Bonchev–Trinajstić information content (AvgIpc) is 3.11. The van der Waals surface area contributed by atoms with Crippen LogP contribution in [0, 0.1) is 20.8 Å². The van der Waals surface area contributed by atoms with Gasteiger partial charge in [-0.15, -0.1) is 8.78 Å². The van der Waals surface area contributed by atoms with E-state index in [1.807, 2.05) is 26.8 Å². The number of carbonyl (C=O) groups is 1. The first kappa shape index (κ1) is 18.1. The van der Waals surface area contributed by atoms with E-state index in [0.717, 1.165) is 28.3 Å². The third-order valence-corrected chi connectivity index (χ3v) is 4.57. The van der Waals surface area contributed by atoms with Gasteiger partial charge in [-0.2, -0.15) is 5.10 Å². The van der Waals surface area contributed by atoms with E-state index in [2.05, 4.69) is 24.9 Å². The van der Waals surface area contributed by atoms with E-state index in [1.165, 1.54) is 18.2 Å². The zero-order valence-corrected chi connectivity index (χ0v) is 15.5. The highest BCUT2D eigenvalue weighted by atomic mass is 19.3. The second-order valence-corrected chi connectivity index (χ2v) is 6.69. The Morgan fingerprint density at radius 2 is 1.93 bits per heavy atom. The van der Waals surface area contributed by atoms with Crippen LogP contribution in [0.15, 0.2) is 24.3 Å². The fourth-order valence-electron chi connectivity index (χ4n) is 3.29. The SMILES string of the molecule is Cc1cc2nc(C)c(CCC(=O)Nc3ccc4c(c3)OC(F)(F)O4)c(C)n2n1. The fourth-order valence-corrected chi connectivity index (χ4v) is 3.29. The Morgan fingerprint density at radius 1 is 1.18 bits per heavy atom. The Kier molecular flexibility index (Phi) is 4.17. The molecule has 0 spiro atoms. The molecule has 0 aliphatic carbocycles. The standard InChI is InChI=1S/C19H18F2N4O3/c1-10-8-17-22-11(2)14(12(3)25(17)24-10)5-7-18(26)23-13-4-6-15-16(9-13)28-19(20,21)27-15/h4,6,8-9H,5,7H2,1-3H3,(H,23,26). The topological polar surface area (TPSA) is 77.8 Å². The zero-order valence-electron chi connectivity index (χ0n) is 15.5. The minimum absolute atomic E-state index is 0.0665. The van der Waals surface area contributed by atoms with Crippen LogP contribution < -0.4 is 14.8 Å². The van der Waals surface area contributed by atoms with Crippen molar-refractivity contribution in [2.24, 2.45) is 0 Å². The maximum absolute atomic E-state index is 13.1. The van der Waals surface area contributed by atoms with E-state index in [4.69, 9.17) is 0 Å². The predicted molar refractivity (Wildman–Crippen MR) is 96.8 cm³/mol. The molecule has 28 heavy (non-hydrogen) atoms. The molecule has 0 saturated heterocycles. The average molecular weight is 388 g/mol. The maximum Gasteiger partial charge on any atom is 0.586 e. The van der Waals surface area contributed by atoms with Crippen molar-refractivity contribution in [2.75, 3.05) is 5.32 Å². The highest BCUT2D eigenvalue weighted by molar-refractivity contribution is 5.91. The van der Waals surface area contributed by atoms with E-state index in [-0.39, 0.29) is 23.8 Å². The van der Waals surface area contributed by atoms with E-state index >= 15 is 0 Å². The Morgan fingerprint density at radius 3 is 2.71 bits per heavy atom. The summed E-state index contributed by atoms with van der Waals surface area (Å²) >= 11 is 0. The number of anilines is 1. The molecule has 4 rings (SSSR count). The molecule has 1 N–H and O–H groups in total. The number of rotatable bonds is 4. The van der Waals surface area contributed by atoms with Crippen molar-refractivity contribution in [3.63, 3.8) is 0 Å². The first-order valence-electron chi connectivity index (χ1n) is 8.74. The second-order valence-electron chi connectivity index (χ2n) is 6.69. The van der Waals surface area contributed by atoms with E-state index in [0.29, 0.717) is 12.1 Å². The summed E-state index contributed by atoms with van der Waals surface area (Å²) < 4.78 is 36.7. The van der Waals surface area contributed by atoms with Gasteiger partial charge in [0.1, 0.15) is 0 Å². The molecule has 1 aromatic carbocycles. The molecule has 0 unspecified atom stereocenters. The molecular formula is C19H18F2N4O3. The molecule has 0 fully saturated rings. The van der Waals surface area contributed by atoms with Gasteiger partial charge in [-0.1, -0.05) is 0 Å². The van der Waals surface area contributed by atoms with Gasteiger partial charge >= 0.3 is 6.29 Å². The highest BCUT2D eigenvalue weighted by Crippen LogP contribution is 2.42.